The molecule has 0 aliphatic heterocycles. The zero-order valence-corrected chi connectivity index (χ0v) is 10.9. The normalized spacial score (nSPS) is 10.3. The fraction of sp³-hybridized carbons (Fsp3) is 0.889. The summed E-state index contributed by atoms with van der Waals surface area (Å²) in [5.41, 5.74) is 0. The van der Waals surface area contributed by atoms with Crippen LogP contribution in [-0.4, -0.2) is 45.0 Å². The van der Waals surface area contributed by atoms with Crippen molar-refractivity contribution in [1.82, 2.24) is 5.32 Å². The summed E-state index contributed by atoms with van der Waals surface area (Å²) in [6.07, 6.45) is 1.17. The average molecular weight is 253 g/mol. The second-order valence-corrected chi connectivity index (χ2v) is 5.28. The highest BCUT2D eigenvalue weighted by molar-refractivity contribution is 8.76. The second-order valence-electron chi connectivity index (χ2n) is 2.75. The first-order chi connectivity index (χ1) is 7.31. The van der Waals surface area contributed by atoms with Crippen LogP contribution >= 0.6 is 21.6 Å². The van der Waals surface area contributed by atoms with Gasteiger partial charge in [0.25, 0.3) is 0 Å². The van der Waals surface area contributed by atoms with Crippen LogP contribution in [0.3, 0.4) is 0 Å². The molecule has 4 nitrogen and oxygen atoms in total. The maximum atomic E-state index is 10.7. The van der Waals surface area contributed by atoms with Gasteiger partial charge in [0.2, 0.25) is 0 Å². The summed E-state index contributed by atoms with van der Waals surface area (Å²) in [6, 6.07) is 0. The summed E-state index contributed by atoms with van der Waals surface area (Å²) < 4.78 is 9.83. The Kier molecular flexibility index (Phi) is 12.2. The van der Waals surface area contributed by atoms with Crippen LogP contribution in [0.2, 0.25) is 0 Å². The van der Waals surface area contributed by atoms with Crippen LogP contribution in [-0.2, 0) is 14.3 Å². The highest BCUT2D eigenvalue weighted by Crippen LogP contribution is 2.20. The number of esters is 1. The molecule has 0 amide bonds. The minimum absolute atomic E-state index is 0.172. The lowest BCUT2D eigenvalue weighted by Crippen LogP contribution is -2.09. The predicted molar refractivity (Wildman–Crippen MR) is 66.0 cm³/mol. The Morgan fingerprint density at radius 3 is 2.87 bits per heavy atom. The van der Waals surface area contributed by atoms with Gasteiger partial charge in [-0.1, -0.05) is 21.6 Å². The van der Waals surface area contributed by atoms with E-state index >= 15 is 0 Å². The minimum Gasteiger partial charge on any atom is -0.469 e. The highest BCUT2D eigenvalue weighted by atomic mass is 33.1. The molecule has 0 fully saturated rings. The summed E-state index contributed by atoms with van der Waals surface area (Å²) in [5.74, 6) is 1.58. The number of hydrogen-bond donors (Lipinski definition) is 1. The molecule has 0 atom stereocenters. The van der Waals surface area contributed by atoms with Gasteiger partial charge in [0.15, 0.2) is 0 Å². The van der Waals surface area contributed by atoms with Crippen molar-refractivity contribution in [2.24, 2.45) is 0 Å². The largest absolute Gasteiger partial charge is 0.469 e. The van der Waals surface area contributed by atoms with Crippen molar-refractivity contribution in [2.45, 2.75) is 12.8 Å². The van der Waals surface area contributed by atoms with Crippen LogP contribution in [0, 0.1) is 0 Å². The predicted octanol–water partition coefficient (Wildman–Crippen LogP) is 1.51. The summed E-state index contributed by atoms with van der Waals surface area (Å²) in [7, 11) is 6.82. The van der Waals surface area contributed by atoms with E-state index in [1.165, 1.54) is 7.11 Å². The van der Waals surface area contributed by atoms with E-state index in [2.05, 4.69) is 10.1 Å². The number of carbonyl (C=O) groups excluding carboxylic acids is 1. The van der Waals surface area contributed by atoms with Crippen LogP contribution in [0.25, 0.3) is 0 Å². The molecular formula is C9H19NO3S2. The van der Waals surface area contributed by atoms with E-state index in [1.807, 2.05) is 7.05 Å². The van der Waals surface area contributed by atoms with Crippen molar-refractivity contribution in [1.29, 1.82) is 0 Å². The Labute approximate surface area is 99.2 Å². The first-order valence-corrected chi connectivity index (χ1v) is 7.33. The Hall–Kier alpha value is 0.0900. The number of rotatable bonds is 10. The monoisotopic (exact) mass is 253 g/mol. The molecule has 0 bridgehead atoms. The van der Waals surface area contributed by atoms with Crippen LogP contribution in [0.4, 0.5) is 0 Å². The number of hydrogen-bond acceptors (Lipinski definition) is 6. The van der Waals surface area contributed by atoms with Gasteiger partial charge in [0, 0.05) is 25.3 Å². The molecule has 0 aliphatic rings. The Morgan fingerprint density at radius 1 is 1.40 bits per heavy atom. The highest BCUT2D eigenvalue weighted by Gasteiger charge is 1.98. The van der Waals surface area contributed by atoms with Gasteiger partial charge in [-0.15, -0.1) is 0 Å². The number of methoxy groups -OCH3 is 1. The number of ether oxygens (including phenoxy) is 2. The number of carbonyl (C=O) groups is 1. The molecule has 0 aromatic heterocycles. The van der Waals surface area contributed by atoms with Crippen molar-refractivity contribution in [3.8, 4) is 0 Å². The standard InChI is InChI=1S/C9H19NO3S2/c1-10-5-7-14-15-8-13-6-3-4-9(11)12-2/h10H,3-8H2,1-2H3. The fourth-order valence-corrected chi connectivity index (χ4v) is 2.42. The third kappa shape index (κ3) is 12.0. The average Bonchev–Trinajstić information content (AvgIpc) is 2.26. The maximum Gasteiger partial charge on any atom is 0.305 e. The third-order valence-electron chi connectivity index (χ3n) is 1.55. The molecular weight excluding hydrogens is 234 g/mol. The van der Waals surface area contributed by atoms with Crippen molar-refractivity contribution >= 4 is 27.6 Å². The van der Waals surface area contributed by atoms with Crippen LogP contribution in [0.5, 0.6) is 0 Å². The lowest BCUT2D eigenvalue weighted by atomic mass is 10.3. The SMILES string of the molecule is CNCCSSCOCCCC(=O)OC. The summed E-state index contributed by atoms with van der Waals surface area (Å²) in [6.45, 7) is 1.63. The molecule has 0 aromatic rings. The van der Waals surface area contributed by atoms with Gasteiger partial charge < -0.3 is 14.8 Å². The van der Waals surface area contributed by atoms with Gasteiger partial charge in [0.1, 0.15) is 5.94 Å². The number of nitrogens with one attached hydrogen (secondary N) is 1. The summed E-state index contributed by atoms with van der Waals surface area (Å²) in [5, 5.41) is 3.07. The molecule has 6 heteroatoms. The van der Waals surface area contributed by atoms with E-state index in [0.29, 0.717) is 19.0 Å². The lowest BCUT2D eigenvalue weighted by Gasteiger charge is -2.03. The van der Waals surface area contributed by atoms with E-state index in [0.717, 1.165) is 18.7 Å². The minimum atomic E-state index is -0.172. The van der Waals surface area contributed by atoms with E-state index in [4.69, 9.17) is 4.74 Å². The third-order valence-corrected chi connectivity index (χ3v) is 3.64. The first kappa shape index (κ1) is 15.1. The molecule has 0 unspecified atom stereocenters. The summed E-state index contributed by atoms with van der Waals surface area (Å²) >= 11 is 0. The summed E-state index contributed by atoms with van der Waals surface area (Å²) in [4.78, 5) is 10.7. The van der Waals surface area contributed by atoms with Crippen molar-refractivity contribution in [2.75, 3.05) is 39.0 Å². The van der Waals surface area contributed by atoms with Crippen molar-refractivity contribution in [3.05, 3.63) is 0 Å². The quantitative estimate of drug-likeness (QED) is 0.276. The molecule has 0 heterocycles. The zero-order valence-electron chi connectivity index (χ0n) is 9.28. The Balaban J connectivity index is 2.95. The molecule has 0 saturated heterocycles. The van der Waals surface area contributed by atoms with Gasteiger partial charge in [-0.2, -0.15) is 0 Å². The Bertz CT molecular complexity index is 158. The van der Waals surface area contributed by atoms with E-state index < -0.39 is 0 Å². The zero-order chi connectivity index (χ0) is 11.4. The van der Waals surface area contributed by atoms with Gasteiger partial charge in [-0.05, 0) is 13.5 Å². The molecule has 90 valence electrons. The Morgan fingerprint density at radius 2 is 2.20 bits per heavy atom. The second kappa shape index (κ2) is 12.2. The first-order valence-electron chi connectivity index (χ1n) is 4.84. The molecule has 0 rings (SSSR count). The maximum absolute atomic E-state index is 10.7. The van der Waals surface area contributed by atoms with Crippen LogP contribution < -0.4 is 5.32 Å². The molecule has 0 saturated carbocycles. The smallest absolute Gasteiger partial charge is 0.305 e. The molecule has 0 spiro atoms. The molecule has 15 heavy (non-hydrogen) atoms. The van der Waals surface area contributed by atoms with E-state index in [1.54, 1.807) is 21.6 Å². The van der Waals surface area contributed by atoms with Gasteiger partial charge in [0.05, 0.1) is 7.11 Å². The lowest BCUT2D eigenvalue weighted by molar-refractivity contribution is -0.140. The molecule has 0 radical (unpaired) electrons. The van der Waals surface area contributed by atoms with E-state index in [-0.39, 0.29) is 5.97 Å². The molecule has 0 aromatic carbocycles. The van der Waals surface area contributed by atoms with Crippen LogP contribution in [0.15, 0.2) is 0 Å². The van der Waals surface area contributed by atoms with Crippen molar-refractivity contribution in [3.63, 3.8) is 0 Å². The van der Waals surface area contributed by atoms with Gasteiger partial charge >= 0.3 is 5.97 Å². The van der Waals surface area contributed by atoms with E-state index in [9.17, 15) is 4.79 Å². The molecule has 0 aliphatic carbocycles. The van der Waals surface area contributed by atoms with Crippen LogP contribution in [0.1, 0.15) is 12.8 Å². The van der Waals surface area contributed by atoms with Gasteiger partial charge in [-0.25, -0.2) is 0 Å². The fourth-order valence-electron chi connectivity index (χ4n) is 0.750. The topological polar surface area (TPSA) is 47.6 Å². The van der Waals surface area contributed by atoms with Gasteiger partial charge in [-0.3, -0.25) is 4.79 Å². The van der Waals surface area contributed by atoms with Crippen molar-refractivity contribution < 1.29 is 14.3 Å². The molecule has 1 N–H and O–H groups in total.